The summed E-state index contributed by atoms with van der Waals surface area (Å²) in [7, 11) is 1.67. The zero-order valence-electron chi connectivity index (χ0n) is 13.0. The Balaban J connectivity index is 1.88. The van der Waals surface area contributed by atoms with Gasteiger partial charge < -0.3 is 10.6 Å². The standard InChI is InChI=1S/C17H25FN2O/c1-11(2)8-16(17(21)19-3)20-13-9-12(10-13)14-6-4-5-7-15(14)18/h4-7,11-13,16,20H,8-10H2,1-3H3,(H,19,21). The van der Waals surface area contributed by atoms with E-state index in [9.17, 15) is 9.18 Å². The summed E-state index contributed by atoms with van der Waals surface area (Å²) < 4.78 is 13.7. The van der Waals surface area contributed by atoms with Gasteiger partial charge in [-0.1, -0.05) is 32.0 Å². The highest BCUT2D eigenvalue weighted by Gasteiger charge is 2.34. The lowest BCUT2D eigenvalue weighted by atomic mass is 9.75. The first kappa shape index (κ1) is 16.0. The fourth-order valence-corrected chi connectivity index (χ4v) is 2.99. The molecule has 1 aliphatic rings. The zero-order valence-corrected chi connectivity index (χ0v) is 13.0. The molecule has 116 valence electrons. The molecule has 1 unspecified atom stereocenters. The first-order valence-corrected chi connectivity index (χ1v) is 7.73. The molecule has 3 nitrogen and oxygen atoms in total. The molecule has 1 atom stereocenters. The maximum Gasteiger partial charge on any atom is 0.236 e. The number of nitrogens with one attached hydrogen (secondary N) is 2. The molecule has 1 aromatic rings. The molecule has 0 radical (unpaired) electrons. The molecule has 21 heavy (non-hydrogen) atoms. The van der Waals surface area contributed by atoms with E-state index in [0.29, 0.717) is 12.0 Å². The lowest BCUT2D eigenvalue weighted by molar-refractivity contribution is -0.123. The van der Waals surface area contributed by atoms with Gasteiger partial charge in [-0.25, -0.2) is 4.39 Å². The highest BCUT2D eigenvalue weighted by Crippen LogP contribution is 2.38. The number of hydrogen-bond donors (Lipinski definition) is 2. The summed E-state index contributed by atoms with van der Waals surface area (Å²) in [6, 6.07) is 7.13. The fourth-order valence-electron chi connectivity index (χ4n) is 2.99. The van der Waals surface area contributed by atoms with Crippen molar-refractivity contribution < 1.29 is 9.18 Å². The Morgan fingerprint density at radius 3 is 2.57 bits per heavy atom. The lowest BCUT2D eigenvalue weighted by Gasteiger charge is -2.38. The lowest BCUT2D eigenvalue weighted by Crippen LogP contribution is -2.52. The second-order valence-corrected chi connectivity index (χ2v) is 6.35. The Hall–Kier alpha value is -1.42. The van der Waals surface area contributed by atoms with Crippen molar-refractivity contribution in [2.75, 3.05) is 7.05 Å². The summed E-state index contributed by atoms with van der Waals surface area (Å²) >= 11 is 0. The Bertz CT molecular complexity index is 483. The number of benzene rings is 1. The number of hydrogen-bond acceptors (Lipinski definition) is 2. The zero-order chi connectivity index (χ0) is 15.4. The van der Waals surface area contributed by atoms with E-state index >= 15 is 0 Å². The highest BCUT2D eigenvalue weighted by molar-refractivity contribution is 5.81. The number of rotatable bonds is 6. The van der Waals surface area contributed by atoms with Crippen LogP contribution in [0.3, 0.4) is 0 Å². The van der Waals surface area contributed by atoms with Gasteiger partial charge in [0, 0.05) is 13.1 Å². The van der Waals surface area contributed by atoms with Crippen molar-refractivity contribution in [3.05, 3.63) is 35.6 Å². The van der Waals surface area contributed by atoms with Crippen LogP contribution in [-0.4, -0.2) is 25.0 Å². The van der Waals surface area contributed by atoms with Crippen LogP contribution in [0, 0.1) is 11.7 Å². The smallest absolute Gasteiger partial charge is 0.236 e. The fraction of sp³-hybridized carbons (Fsp3) is 0.588. The van der Waals surface area contributed by atoms with Crippen molar-refractivity contribution in [3.8, 4) is 0 Å². The van der Waals surface area contributed by atoms with Crippen molar-refractivity contribution in [1.29, 1.82) is 0 Å². The minimum atomic E-state index is -0.151. The van der Waals surface area contributed by atoms with E-state index in [1.165, 1.54) is 6.07 Å². The second kappa shape index (κ2) is 7.03. The molecule has 0 bridgehead atoms. The van der Waals surface area contributed by atoms with Crippen molar-refractivity contribution in [2.24, 2.45) is 5.92 Å². The molecule has 0 aromatic heterocycles. The van der Waals surface area contributed by atoms with Crippen molar-refractivity contribution in [1.82, 2.24) is 10.6 Å². The summed E-state index contributed by atoms with van der Waals surface area (Å²) in [6.07, 6.45) is 2.61. The van der Waals surface area contributed by atoms with Gasteiger partial charge in [0.15, 0.2) is 0 Å². The van der Waals surface area contributed by atoms with Crippen molar-refractivity contribution in [3.63, 3.8) is 0 Å². The van der Waals surface area contributed by atoms with Crippen LogP contribution < -0.4 is 10.6 Å². The predicted molar refractivity (Wildman–Crippen MR) is 82.6 cm³/mol. The SMILES string of the molecule is CNC(=O)C(CC(C)C)NC1CC(c2ccccc2F)C1. The topological polar surface area (TPSA) is 41.1 Å². The number of amides is 1. The summed E-state index contributed by atoms with van der Waals surface area (Å²) in [5, 5.41) is 6.13. The van der Waals surface area contributed by atoms with Crippen LogP contribution in [0.2, 0.25) is 0 Å². The molecule has 0 aliphatic heterocycles. The maximum atomic E-state index is 13.7. The molecule has 1 amide bonds. The van der Waals surface area contributed by atoms with Crippen LogP contribution in [0.5, 0.6) is 0 Å². The second-order valence-electron chi connectivity index (χ2n) is 6.35. The normalized spacial score (nSPS) is 22.7. The molecule has 1 aromatic carbocycles. The van der Waals surface area contributed by atoms with Crippen LogP contribution in [0.1, 0.15) is 44.6 Å². The number of likely N-dealkylation sites (N-methyl/N-ethyl adjacent to an activating group) is 1. The molecule has 0 saturated heterocycles. The number of carbonyl (C=O) groups is 1. The van der Waals surface area contributed by atoms with E-state index < -0.39 is 0 Å². The van der Waals surface area contributed by atoms with Gasteiger partial charge in [-0.3, -0.25) is 4.79 Å². The van der Waals surface area contributed by atoms with Gasteiger partial charge in [-0.15, -0.1) is 0 Å². The summed E-state index contributed by atoms with van der Waals surface area (Å²) in [4.78, 5) is 11.9. The molecule has 0 heterocycles. The Kier molecular flexibility index (Phi) is 5.34. The molecule has 4 heteroatoms. The summed E-state index contributed by atoms with van der Waals surface area (Å²) in [5.41, 5.74) is 0.802. The molecule has 1 saturated carbocycles. The van der Waals surface area contributed by atoms with Crippen LogP contribution >= 0.6 is 0 Å². The van der Waals surface area contributed by atoms with Crippen molar-refractivity contribution in [2.45, 2.75) is 51.1 Å². The van der Waals surface area contributed by atoms with Gasteiger partial charge in [0.1, 0.15) is 5.82 Å². The third-order valence-electron chi connectivity index (χ3n) is 4.19. The summed E-state index contributed by atoms with van der Waals surface area (Å²) in [6.45, 7) is 4.22. The largest absolute Gasteiger partial charge is 0.358 e. The van der Waals surface area contributed by atoms with Gasteiger partial charge in [0.2, 0.25) is 5.91 Å². The third kappa shape index (κ3) is 4.03. The molecular formula is C17H25FN2O. The third-order valence-corrected chi connectivity index (χ3v) is 4.19. The molecule has 0 spiro atoms. The quantitative estimate of drug-likeness (QED) is 0.846. The average Bonchev–Trinajstić information content (AvgIpc) is 2.41. The number of carbonyl (C=O) groups excluding carboxylic acids is 1. The highest BCUT2D eigenvalue weighted by atomic mass is 19.1. The first-order chi connectivity index (χ1) is 10.0. The first-order valence-electron chi connectivity index (χ1n) is 7.73. The van der Waals surface area contributed by atoms with E-state index in [1.807, 2.05) is 12.1 Å². The van der Waals surface area contributed by atoms with Gasteiger partial charge in [-0.05, 0) is 42.7 Å². The van der Waals surface area contributed by atoms with Gasteiger partial charge >= 0.3 is 0 Å². The minimum absolute atomic E-state index is 0.0399. The average molecular weight is 292 g/mol. The van der Waals surface area contributed by atoms with Crippen LogP contribution in [0.4, 0.5) is 4.39 Å². The Morgan fingerprint density at radius 1 is 1.33 bits per heavy atom. The van der Waals surface area contributed by atoms with E-state index in [-0.39, 0.29) is 23.7 Å². The molecule has 2 rings (SSSR count). The molecule has 2 N–H and O–H groups in total. The van der Waals surface area contributed by atoms with E-state index in [4.69, 9.17) is 0 Å². The summed E-state index contributed by atoms with van der Waals surface area (Å²) in [5.74, 6) is 0.652. The van der Waals surface area contributed by atoms with Gasteiger partial charge in [0.25, 0.3) is 0 Å². The monoisotopic (exact) mass is 292 g/mol. The Labute approximate surface area is 126 Å². The minimum Gasteiger partial charge on any atom is -0.358 e. The van der Waals surface area contributed by atoms with Gasteiger partial charge in [0.05, 0.1) is 6.04 Å². The van der Waals surface area contributed by atoms with Crippen LogP contribution in [0.25, 0.3) is 0 Å². The van der Waals surface area contributed by atoms with Crippen molar-refractivity contribution >= 4 is 5.91 Å². The van der Waals surface area contributed by atoms with E-state index in [1.54, 1.807) is 13.1 Å². The Morgan fingerprint density at radius 2 is 2.00 bits per heavy atom. The number of halogens is 1. The van der Waals surface area contributed by atoms with Gasteiger partial charge in [-0.2, -0.15) is 0 Å². The van der Waals surface area contributed by atoms with Crippen LogP contribution in [-0.2, 0) is 4.79 Å². The van der Waals surface area contributed by atoms with E-state index in [0.717, 1.165) is 24.8 Å². The molecular weight excluding hydrogens is 267 g/mol. The predicted octanol–water partition coefficient (Wildman–Crippen LogP) is 2.82. The molecule has 1 aliphatic carbocycles. The van der Waals surface area contributed by atoms with Crippen LogP contribution in [0.15, 0.2) is 24.3 Å². The molecule has 1 fully saturated rings. The maximum absolute atomic E-state index is 13.7. The van der Waals surface area contributed by atoms with E-state index in [2.05, 4.69) is 24.5 Å².